The molecule has 0 fully saturated rings. The molecule has 0 spiro atoms. The molecule has 0 aliphatic rings. The van der Waals surface area contributed by atoms with E-state index in [9.17, 15) is 14.7 Å². The molecule has 0 saturated heterocycles. The Morgan fingerprint density at radius 1 is 0.969 bits per heavy atom. The number of amides is 1. The third-order valence-corrected chi connectivity index (χ3v) is 4.85. The summed E-state index contributed by atoms with van der Waals surface area (Å²) in [5.41, 5.74) is 2.15. The van der Waals surface area contributed by atoms with Gasteiger partial charge in [0.15, 0.2) is 0 Å². The van der Waals surface area contributed by atoms with Gasteiger partial charge >= 0.3 is 35.5 Å². The number of nitrogens with zero attached hydrogens (tertiary/aromatic N) is 1. The molecule has 3 aromatic carbocycles. The second-order valence-electron chi connectivity index (χ2n) is 6.76. The molecule has 0 bridgehead atoms. The van der Waals surface area contributed by atoms with E-state index in [2.05, 4.69) is 10.3 Å². The van der Waals surface area contributed by atoms with E-state index in [-0.39, 0.29) is 45.8 Å². The van der Waals surface area contributed by atoms with E-state index in [0.29, 0.717) is 17.9 Å². The summed E-state index contributed by atoms with van der Waals surface area (Å²) in [6.45, 7) is 0.295. The van der Waals surface area contributed by atoms with Gasteiger partial charge in [-0.1, -0.05) is 35.9 Å². The van der Waals surface area contributed by atoms with Crippen LogP contribution in [-0.4, -0.2) is 51.5 Å². The Labute approximate surface area is 211 Å². The van der Waals surface area contributed by atoms with Crippen molar-refractivity contribution in [1.82, 2.24) is 4.98 Å². The summed E-state index contributed by atoms with van der Waals surface area (Å²) in [6, 6.07) is 22.6. The van der Waals surface area contributed by atoms with Gasteiger partial charge in [-0.15, -0.1) is 0 Å². The van der Waals surface area contributed by atoms with Crippen LogP contribution in [0.2, 0.25) is 5.02 Å². The van der Waals surface area contributed by atoms with Gasteiger partial charge in [0, 0.05) is 16.0 Å². The van der Waals surface area contributed by atoms with Crippen LogP contribution in [0.1, 0.15) is 26.4 Å². The Balaban J connectivity index is 0.00000289. The molecule has 1 aromatic heterocycles. The van der Waals surface area contributed by atoms with Crippen molar-refractivity contribution in [2.75, 3.05) is 5.32 Å². The molecule has 0 atom stereocenters. The minimum atomic E-state index is -1.18. The number of halogens is 1. The van der Waals surface area contributed by atoms with E-state index >= 15 is 0 Å². The van der Waals surface area contributed by atoms with Crippen LogP contribution in [0.5, 0.6) is 5.75 Å². The first-order valence-corrected chi connectivity index (χ1v) is 9.79. The molecule has 0 aliphatic carbocycles. The van der Waals surface area contributed by atoms with Crippen molar-refractivity contribution in [2.24, 2.45) is 0 Å². The van der Waals surface area contributed by atoms with Crippen LogP contribution in [0.25, 0.3) is 10.9 Å². The summed E-state index contributed by atoms with van der Waals surface area (Å²) < 4.78 is 5.77. The second-order valence-corrected chi connectivity index (χ2v) is 7.19. The SMILES string of the molecule is O=C(Nc1ccc(Cl)cc1C(=O)O)c1ccc(OCc2ccc3ccccc3n2)cc1.[NaH]. The van der Waals surface area contributed by atoms with Crippen LogP contribution >= 0.6 is 11.6 Å². The van der Waals surface area contributed by atoms with Crippen molar-refractivity contribution in [3.05, 3.63) is 101 Å². The molecule has 32 heavy (non-hydrogen) atoms. The molecular formula is C24H18ClN2NaO4. The molecule has 0 aliphatic heterocycles. The van der Waals surface area contributed by atoms with E-state index < -0.39 is 11.9 Å². The third kappa shape index (κ3) is 5.66. The number of nitrogens with one attached hydrogen (secondary N) is 1. The van der Waals surface area contributed by atoms with E-state index in [4.69, 9.17) is 16.3 Å². The number of pyridine rings is 1. The number of hydrogen-bond donors (Lipinski definition) is 2. The molecule has 4 rings (SSSR count). The number of carbonyl (C=O) groups is 2. The molecule has 0 saturated carbocycles. The van der Waals surface area contributed by atoms with Gasteiger partial charge in [0.25, 0.3) is 5.91 Å². The minimum absolute atomic E-state index is 0. The van der Waals surface area contributed by atoms with Gasteiger partial charge in [-0.25, -0.2) is 9.78 Å². The summed E-state index contributed by atoms with van der Waals surface area (Å²) >= 11 is 5.84. The summed E-state index contributed by atoms with van der Waals surface area (Å²) in [6.07, 6.45) is 0. The molecule has 8 heteroatoms. The number of carboxylic acid groups (broad SMARTS) is 1. The first-order valence-electron chi connectivity index (χ1n) is 9.41. The number of benzene rings is 3. The maximum atomic E-state index is 12.5. The molecule has 1 amide bonds. The number of anilines is 1. The summed E-state index contributed by atoms with van der Waals surface area (Å²) in [4.78, 5) is 28.4. The number of para-hydroxylation sites is 1. The van der Waals surface area contributed by atoms with Crippen LogP contribution in [0.15, 0.2) is 78.9 Å². The number of carboxylic acids is 1. The Morgan fingerprint density at radius 3 is 2.47 bits per heavy atom. The molecule has 6 nitrogen and oxygen atoms in total. The predicted octanol–water partition coefficient (Wildman–Crippen LogP) is 4.77. The molecule has 156 valence electrons. The van der Waals surface area contributed by atoms with Gasteiger partial charge in [0.05, 0.1) is 22.5 Å². The van der Waals surface area contributed by atoms with Gasteiger partial charge < -0.3 is 15.2 Å². The second kappa shape index (κ2) is 10.6. The normalized spacial score (nSPS) is 10.3. The first-order chi connectivity index (χ1) is 15.0. The van der Waals surface area contributed by atoms with Gasteiger partial charge in [-0.05, 0) is 54.6 Å². The van der Waals surface area contributed by atoms with Gasteiger partial charge in [-0.2, -0.15) is 0 Å². The van der Waals surface area contributed by atoms with Crippen molar-refractivity contribution >= 4 is 69.6 Å². The average molecular weight is 457 g/mol. The first kappa shape index (κ1) is 23.8. The molecule has 2 N–H and O–H groups in total. The molecule has 1 heterocycles. The van der Waals surface area contributed by atoms with Crippen LogP contribution in [-0.2, 0) is 6.61 Å². The number of rotatable bonds is 6. The molecule has 4 aromatic rings. The van der Waals surface area contributed by atoms with E-state index in [1.165, 1.54) is 18.2 Å². The van der Waals surface area contributed by atoms with E-state index in [1.54, 1.807) is 24.3 Å². The number of hydrogen-bond acceptors (Lipinski definition) is 4. The number of fused-ring (bicyclic) bond motifs is 1. The van der Waals surface area contributed by atoms with Crippen molar-refractivity contribution in [1.29, 1.82) is 0 Å². The Hall–Kier alpha value is -2.90. The monoisotopic (exact) mass is 456 g/mol. The van der Waals surface area contributed by atoms with E-state index in [1.807, 2.05) is 36.4 Å². The number of aromatic carboxylic acids is 1. The standard InChI is InChI=1S/C24H17ClN2O4.Na.H/c25-17-8-12-22(20(13-17)24(29)30)27-23(28)16-6-10-19(11-7-16)31-14-18-9-5-15-3-1-2-4-21(15)26-18;;/h1-13H,14H2,(H,27,28)(H,29,30);;. The van der Waals surface area contributed by atoms with Gasteiger partial charge in [-0.3, -0.25) is 4.79 Å². The van der Waals surface area contributed by atoms with Crippen molar-refractivity contribution in [3.63, 3.8) is 0 Å². The van der Waals surface area contributed by atoms with Gasteiger partial charge in [0.1, 0.15) is 12.4 Å². The van der Waals surface area contributed by atoms with Crippen molar-refractivity contribution in [2.45, 2.75) is 6.61 Å². The fourth-order valence-electron chi connectivity index (χ4n) is 3.05. The maximum absolute atomic E-state index is 12.5. The number of carbonyl (C=O) groups excluding carboxylic acids is 1. The molecule has 0 radical (unpaired) electrons. The fraction of sp³-hybridized carbons (Fsp3) is 0.0417. The zero-order valence-electron chi connectivity index (χ0n) is 16.2. The number of ether oxygens (including phenoxy) is 1. The Morgan fingerprint density at radius 2 is 1.72 bits per heavy atom. The Bertz CT molecular complexity index is 1280. The molecular weight excluding hydrogens is 439 g/mol. The predicted molar refractivity (Wildman–Crippen MR) is 126 cm³/mol. The van der Waals surface area contributed by atoms with Crippen LogP contribution in [0.3, 0.4) is 0 Å². The average Bonchev–Trinajstić information content (AvgIpc) is 2.79. The summed E-state index contributed by atoms with van der Waals surface area (Å²) in [5, 5.41) is 13.2. The quantitative estimate of drug-likeness (QED) is 0.408. The van der Waals surface area contributed by atoms with Crippen molar-refractivity contribution in [3.8, 4) is 5.75 Å². The van der Waals surface area contributed by atoms with Gasteiger partial charge in [0.2, 0.25) is 0 Å². The van der Waals surface area contributed by atoms with Crippen LogP contribution < -0.4 is 10.1 Å². The topological polar surface area (TPSA) is 88.5 Å². The summed E-state index contributed by atoms with van der Waals surface area (Å²) in [7, 11) is 0. The number of aromatic nitrogens is 1. The third-order valence-electron chi connectivity index (χ3n) is 4.62. The molecule has 0 unspecified atom stereocenters. The van der Waals surface area contributed by atoms with Crippen LogP contribution in [0, 0.1) is 0 Å². The van der Waals surface area contributed by atoms with Crippen LogP contribution in [0.4, 0.5) is 5.69 Å². The zero-order valence-corrected chi connectivity index (χ0v) is 17.0. The van der Waals surface area contributed by atoms with E-state index in [0.717, 1.165) is 16.6 Å². The fourth-order valence-corrected chi connectivity index (χ4v) is 3.22. The zero-order chi connectivity index (χ0) is 21.8. The Kier molecular flexibility index (Phi) is 7.88. The summed E-state index contributed by atoms with van der Waals surface area (Å²) in [5.74, 6) is -1.03. The van der Waals surface area contributed by atoms with Crippen molar-refractivity contribution < 1.29 is 19.4 Å².